The maximum atomic E-state index is 12.7. The van der Waals surface area contributed by atoms with Crippen LogP contribution in [0.2, 0.25) is 0 Å². The summed E-state index contributed by atoms with van der Waals surface area (Å²) >= 11 is 0. The SMILES string of the molecule is CCOC(=O)N1c2cc(C(F)(F)F)ccc2CCC1O. The highest BCUT2D eigenvalue weighted by Crippen LogP contribution is 2.37. The van der Waals surface area contributed by atoms with Crippen LogP contribution < -0.4 is 4.90 Å². The van der Waals surface area contributed by atoms with Crippen molar-refractivity contribution in [2.45, 2.75) is 32.2 Å². The molecule has 110 valence electrons. The Morgan fingerprint density at radius 3 is 2.80 bits per heavy atom. The molecular weight excluding hydrogens is 275 g/mol. The molecule has 1 N–H and O–H groups in total. The average Bonchev–Trinajstić information content (AvgIpc) is 2.37. The predicted octanol–water partition coefficient (Wildman–Crippen LogP) is 2.93. The Hall–Kier alpha value is -1.76. The van der Waals surface area contributed by atoms with Crippen LogP contribution in [0.4, 0.5) is 23.7 Å². The Bertz CT molecular complexity index is 516. The summed E-state index contributed by atoms with van der Waals surface area (Å²) in [4.78, 5) is 12.7. The largest absolute Gasteiger partial charge is 0.449 e. The van der Waals surface area contributed by atoms with Gasteiger partial charge in [-0.05, 0) is 37.5 Å². The van der Waals surface area contributed by atoms with Crippen molar-refractivity contribution in [2.24, 2.45) is 0 Å². The predicted molar refractivity (Wildman–Crippen MR) is 65.3 cm³/mol. The number of anilines is 1. The van der Waals surface area contributed by atoms with E-state index in [-0.39, 0.29) is 18.7 Å². The number of hydrogen-bond donors (Lipinski definition) is 1. The Morgan fingerprint density at radius 2 is 2.20 bits per heavy atom. The lowest BCUT2D eigenvalue weighted by atomic mass is 9.98. The maximum absolute atomic E-state index is 12.7. The van der Waals surface area contributed by atoms with E-state index >= 15 is 0 Å². The van der Waals surface area contributed by atoms with Gasteiger partial charge < -0.3 is 9.84 Å². The van der Waals surface area contributed by atoms with Gasteiger partial charge in [-0.15, -0.1) is 0 Å². The normalized spacial score (nSPS) is 18.6. The van der Waals surface area contributed by atoms with Crippen molar-refractivity contribution in [3.05, 3.63) is 29.3 Å². The minimum absolute atomic E-state index is 0.0528. The van der Waals surface area contributed by atoms with E-state index < -0.39 is 24.1 Å². The summed E-state index contributed by atoms with van der Waals surface area (Å²) in [6.07, 6.45) is -5.86. The van der Waals surface area contributed by atoms with E-state index in [2.05, 4.69) is 0 Å². The third-order valence-electron chi connectivity index (χ3n) is 3.11. The zero-order chi connectivity index (χ0) is 14.9. The van der Waals surface area contributed by atoms with Crippen LogP contribution in [0.15, 0.2) is 18.2 Å². The number of halogens is 3. The van der Waals surface area contributed by atoms with Gasteiger partial charge in [-0.2, -0.15) is 13.2 Å². The summed E-state index contributed by atoms with van der Waals surface area (Å²) in [6.45, 7) is 1.66. The number of carbonyl (C=O) groups is 1. The Balaban J connectivity index is 2.45. The molecule has 1 aromatic rings. The van der Waals surface area contributed by atoms with Crippen molar-refractivity contribution < 1.29 is 27.8 Å². The first kappa shape index (κ1) is 14.6. The summed E-state index contributed by atoms with van der Waals surface area (Å²) in [5, 5.41) is 9.85. The third kappa shape index (κ3) is 2.72. The molecule has 4 nitrogen and oxygen atoms in total. The van der Waals surface area contributed by atoms with Crippen molar-refractivity contribution in [3.63, 3.8) is 0 Å². The van der Waals surface area contributed by atoms with Crippen LogP contribution in [0.5, 0.6) is 0 Å². The van der Waals surface area contributed by atoms with Crippen LogP contribution in [0.1, 0.15) is 24.5 Å². The van der Waals surface area contributed by atoms with Crippen molar-refractivity contribution in [2.75, 3.05) is 11.5 Å². The molecule has 20 heavy (non-hydrogen) atoms. The molecule has 0 saturated carbocycles. The number of carbonyl (C=O) groups excluding carboxylic acids is 1. The second kappa shape index (κ2) is 5.32. The summed E-state index contributed by atoms with van der Waals surface area (Å²) in [5.74, 6) is 0. The smallest absolute Gasteiger partial charge is 0.416 e. The van der Waals surface area contributed by atoms with Gasteiger partial charge in [-0.3, -0.25) is 4.90 Å². The molecule has 0 aliphatic carbocycles. The quantitative estimate of drug-likeness (QED) is 0.864. The lowest BCUT2D eigenvalue weighted by Gasteiger charge is -2.33. The van der Waals surface area contributed by atoms with Gasteiger partial charge in [0.15, 0.2) is 0 Å². The number of nitrogens with zero attached hydrogens (tertiary/aromatic N) is 1. The molecule has 1 heterocycles. The minimum Gasteiger partial charge on any atom is -0.449 e. The summed E-state index contributed by atoms with van der Waals surface area (Å²) in [7, 11) is 0. The number of aryl methyl sites for hydroxylation is 1. The molecule has 1 amide bonds. The highest BCUT2D eigenvalue weighted by atomic mass is 19.4. The summed E-state index contributed by atoms with van der Waals surface area (Å²) < 4.78 is 43.0. The molecule has 1 aromatic carbocycles. The highest BCUT2D eigenvalue weighted by molar-refractivity contribution is 5.89. The number of aliphatic hydroxyl groups excluding tert-OH is 1. The molecule has 0 aromatic heterocycles. The molecule has 0 spiro atoms. The van der Waals surface area contributed by atoms with E-state index in [1.165, 1.54) is 6.07 Å². The Kier molecular flexibility index (Phi) is 3.89. The van der Waals surface area contributed by atoms with E-state index in [0.29, 0.717) is 12.0 Å². The van der Waals surface area contributed by atoms with Gasteiger partial charge in [0.05, 0.1) is 17.9 Å². The molecular formula is C13H14F3NO3. The summed E-state index contributed by atoms with van der Waals surface area (Å²) in [6, 6.07) is 3.17. The number of ether oxygens (including phenoxy) is 1. The van der Waals surface area contributed by atoms with Gasteiger partial charge in [0, 0.05) is 0 Å². The zero-order valence-corrected chi connectivity index (χ0v) is 10.8. The fraction of sp³-hybridized carbons (Fsp3) is 0.462. The summed E-state index contributed by atoms with van der Waals surface area (Å²) in [5.41, 5.74) is -0.229. The molecule has 0 fully saturated rings. The third-order valence-corrected chi connectivity index (χ3v) is 3.11. The number of benzene rings is 1. The molecule has 1 aliphatic heterocycles. The van der Waals surface area contributed by atoms with Gasteiger partial charge in [0.25, 0.3) is 0 Å². The lowest BCUT2D eigenvalue weighted by molar-refractivity contribution is -0.137. The topological polar surface area (TPSA) is 49.8 Å². The number of amides is 1. The number of fused-ring (bicyclic) bond motifs is 1. The second-order valence-corrected chi connectivity index (χ2v) is 4.43. The maximum Gasteiger partial charge on any atom is 0.416 e. The minimum atomic E-state index is -4.50. The van der Waals surface area contributed by atoms with Crippen LogP contribution >= 0.6 is 0 Å². The lowest BCUT2D eigenvalue weighted by Crippen LogP contribution is -2.44. The van der Waals surface area contributed by atoms with Crippen LogP contribution in [0, 0.1) is 0 Å². The number of hydrogen-bond acceptors (Lipinski definition) is 3. The first-order chi connectivity index (χ1) is 9.34. The molecule has 1 unspecified atom stereocenters. The number of alkyl halides is 3. The molecule has 0 saturated heterocycles. The monoisotopic (exact) mass is 289 g/mol. The van der Waals surface area contributed by atoms with Gasteiger partial charge >= 0.3 is 12.3 Å². The van der Waals surface area contributed by atoms with Gasteiger partial charge in [0.1, 0.15) is 6.23 Å². The van der Waals surface area contributed by atoms with Crippen LogP contribution in [-0.2, 0) is 17.3 Å². The molecule has 0 radical (unpaired) electrons. The fourth-order valence-corrected chi connectivity index (χ4v) is 2.16. The van der Waals surface area contributed by atoms with Crippen molar-refractivity contribution in [3.8, 4) is 0 Å². The van der Waals surface area contributed by atoms with Crippen molar-refractivity contribution in [1.82, 2.24) is 0 Å². The van der Waals surface area contributed by atoms with Gasteiger partial charge in [0.2, 0.25) is 0 Å². The molecule has 1 aliphatic rings. The Labute approximate surface area is 113 Å². The molecule has 1 atom stereocenters. The first-order valence-corrected chi connectivity index (χ1v) is 6.18. The van der Waals surface area contributed by atoms with E-state index in [0.717, 1.165) is 17.0 Å². The Morgan fingerprint density at radius 1 is 1.50 bits per heavy atom. The molecule has 2 rings (SSSR count). The van der Waals surface area contributed by atoms with Crippen molar-refractivity contribution in [1.29, 1.82) is 0 Å². The second-order valence-electron chi connectivity index (χ2n) is 4.43. The standard InChI is InChI=1S/C13H14F3NO3/c1-2-20-12(19)17-10-7-9(13(14,15)16)5-3-8(10)4-6-11(17)18/h3,5,7,11,18H,2,4,6H2,1H3. The van der Waals surface area contributed by atoms with E-state index in [1.807, 2.05) is 0 Å². The van der Waals surface area contributed by atoms with Crippen LogP contribution in [0.25, 0.3) is 0 Å². The van der Waals surface area contributed by atoms with E-state index in [4.69, 9.17) is 4.74 Å². The number of aliphatic hydroxyl groups is 1. The first-order valence-electron chi connectivity index (χ1n) is 6.18. The number of rotatable bonds is 1. The zero-order valence-electron chi connectivity index (χ0n) is 10.8. The van der Waals surface area contributed by atoms with E-state index in [1.54, 1.807) is 6.92 Å². The average molecular weight is 289 g/mol. The molecule has 0 bridgehead atoms. The van der Waals surface area contributed by atoms with Crippen LogP contribution in [0.3, 0.4) is 0 Å². The van der Waals surface area contributed by atoms with Crippen molar-refractivity contribution >= 4 is 11.8 Å². The van der Waals surface area contributed by atoms with E-state index in [9.17, 15) is 23.1 Å². The van der Waals surface area contributed by atoms with Gasteiger partial charge in [-0.25, -0.2) is 4.79 Å². The highest BCUT2D eigenvalue weighted by Gasteiger charge is 2.35. The van der Waals surface area contributed by atoms with Gasteiger partial charge in [-0.1, -0.05) is 6.07 Å². The fourth-order valence-electron chi connectivity index (χ4n) is 2.16. The molecule has 7 heteroatoms. The van der Waals surface area contributed by atoms with Crippen LogP contribution in [-0.4, -0.2) is 24.0 Å².